The van der Waals surface area contributed by atoms with Gasteiger partial charge in [0.15, 0.2) is 5.96 Å². The molecule has 0 radical (unpaired) electrons. The number of aliphatic imine (C=N–C) groups is 1. The highest BCUT2D eigenvalue weighted by Gasteiger charge is 2.20. The first-order chi connectivity index (χ1) is 10.7. The number of hydrogen-bond donors (Lipinski definition) is 1. The molecule has 2 rings (SSSR count). The lowest BCUT2D eigenvalue weighted by Gasteiger charge is -2.32. The van der Waals surface area contributed by atoms with Crippen molar-refractivity contribution in [3.8, 4) is 0 Å². The van der Waals surface area contributed by atoms with Crippen LogP contribution in [0.4, 0.5) is 0 Å². The average molecular weight is 323 g/mol. The number of likely N-dealkylation sites (tertiary alicyclic amines) is 1. The Morgan fingerprint density at radius 1 is 1.50 bits per heavy atom. The molecule has 4 nitrogen and oxygen atoms in total. The monoisotopic (exact) mass is 322 g/mol. The molecule has 1 fully saturated rings. The van der Waals surface area contributed by atoms with Crippen molar-refractivity contribution in [2.45, 2.75) is 39.7 Å². The molecule has 1 aliphatic heterocycles. The van der Waals surface area contributed by atoms with Crippen molar-refractivity contribution in [3.05, 3.63) is 22.4 Å². The SMILES string of the molecule is CCN(CC)C(CN=C(N)N1CCCC(C)C1)c1ccsc1. The summed E-state index contributed by atoms with van der Waals surface area (Å²) in [6.07, 6.45) is 2.53. The molecule has 1 aliphatic rings. The second-order valence-corrected chi connectivity index (χ2v) is 6.97. The molecule has 22 heavy (non-hydrogen) atoms. The first-order valence-corrected chi connectivity index (χ1v) is 9.41. The minimum atomic E-state index is 0.335. The number of likely N-dealkylation sites (N-methyl/N-ethyl adjacent to an activating group) is 1. The summed E-state index contributed by atoms with van der Waals surface area (Å²) in [7, 11) is 0. The number of nitrogens with zero attached hydrogens (tertiary/aromatic N) is 3. The third kappa shape index (κ3) is 4.46. The quantitative estimate of drug-likeness (QED) is 0.646. The van der Waals surface area contributed by atoms with Gasteiger partial charge in [-0.15, -0.1) is 0 Å². The molecule has 2 atom stereocenters. The topological polar surface area (TPSA) is 44.9 Å². The Labute approximate surface area is 139 Å². The summed E-state index contributed by atoms with van der Waals surface area (Å²) in [5.74, 6) is 1.44. The predicted molar refractivity (Wildman–Crippen MR) is 96.4 cm³/mol. The fourth-order valence-corrected chi connectivity index (χ4v) is 3.95. The maximum atomic E-state index is 6.26. The Hall–Kier alpha value is -1.07. The van der Waals surface area contributed by atoms with Crippen LogP contribution in [0, 0.1) is 5.92 Å². The zero-order valence-electron chi connectivity index (χ0n) is 14.2. The zero-order valence-corrected chi connectivity index (χ0v) is 15.0. The average Bonchev–Trinajstić information content (AvgIpc) is 3.05. The minimum absolute atomic E-state index is 0.335. The molecule has 1 saturated heterocycles. The van der Waals surface area contributed by atoms with E-state index in [0.29, 0.717) is 6.04 Å². The number of hydrogen-bond acceptors (Lipinski definition) is 3. The van der Waals surface area contributed by atoms with Crippen molar-refractivity contribution in [1.29, 1.82) is 0 Å². The summed E-state index contributed by atoms with van der Waals surface area (Å²) >= 11 is 1.75. The van der Waals surface area contributed by atoms with Crippen molar-refractivity contribution < 1.29 is 0 Å². The second-order valence-electron chi connectivity index (χ2n) is 6.19. The van der Waals surface area contributed by atoms with E-state index in [4.69, 9.17) is 10.7 Å². The van der Waals surface area contributed by atoms with E-state index in [-0.39, 0.29) is 0 Å². The molecule has 2 unspecified atom stereocenters. The molecular formula is C17H30N4S. The predicted octanol–water partition coefficient (Wildman–Crippen LogP) is 3.18. The van der Waals surface area contributed by atoms with Crippen LogP contribution in [0.25, 0.3) is 0 Å². The van der Waals surface area contributed by atoms with Gasteiger partial charge in [0, 0.05) is 13.1 Å². The summed E-state index contributed by atoms with van der Waals surface area (Å²) in [4.78, 5) is 9.45. The number of nitrogens with two attached hydrogens (primary N) is 1. The standard InChI is InChI=1S/C17H30N4S/c1-4-20(5-2)16(15-8-10-22-13-15)11-19-17(18)21-9-6-7-14(3)12-21/h8,10,13-14,16H,4-7,9,11-12H2,1-3H3,(H2,18,19). The van der Waals surface area contributed by atoms with Gasteiger partial charge in [0.2, 0.25) is 0 Å². The van der Waals surface area contributed by atoms with Gasteiger partial charge in [0.25, 0.3) is 0 Å². The Bertz CT molecular complexity index is 453. The lowest BCUT2D eigenvalue weighted by molar-refractivity contribution is 0.223. The number of rotatable bonds is 6. The van der Waals surface area contributed by atoms with E-state index in [2.05, 4.69) is 47.4 Å². The van der Waals surface area contributed by atoms with E-state index in [1.54, 1.807) is 11.3 Å². The van der Waals surface area contributed by atoms with Gasteiger partial charge in [-0.05, 0) is 54.2 Å². The normalized spacial score (nSPS) is 21.4. The van der Waals surface area contributed by atoms with Gasteiger partial charge in [-0.1, -0.05) is 20.8 Å². The number of thiophene rings is 1. The molecule has 0 aliphatic carbocycles. The molecular weight excluding hydrogens is 292 g/mol. The van der Waals surface area contributed by atoms with Gasteiger partial charge in [0.05, 0.1) is 12.6 Å². The van der Waals surface area contributed by atoms with Crippen molar-refractivity contribution >= 4 is 17.3 Å². The Balaban J connectivity index is 2.05. The van der Waals surface area contributed by atoms with Crippen LogP contribution in [-0.2, 0) is 0 Å². The van der Waals surface area contributed by atoms with Crippen LogP contribution in [-0.4, -0.2) is 48.5 Å². The molecule has 124 valence electrons. The van der Waals surface area contributed by atoms with Crippen LogP contribution < -0.4 is 5.73 Å². The molecule has 0 spiro atoms. The van der Waals surface area contributed by atoms with Gasteiger partial charge < -0.3 is 10.6 Å². The summed E-state index contributed by atoms with van der Waals surface area (Å²) < 4.78 is 0. The van der Waals surface area contributed by atoms with Crippen LogP contribution in [0.5, 0.6) is 0 Å². The van der Waals surface area contributed by atoms with Gasteiger partial charge >= 0.3 is 0 Å². The number of guanidine groups is 1. The molecule has 0 aromatic carbocycles. The molecule has 0 amide bonds. The van der Waals surface area contributed by atoms with Gasteiger partial charge in [0.1, 0.15) is 0 Å². The van der Waals surface area contributed by atoms with Crippen molar-refractivity contribution in [2.75, 3.05) is 32.7 Å². The molecule has 0 saturated carbocycles. The third-order valence-corrected chi connectivity index (χ3v) is 5.29. The highest BCUT2D eigenvalue weighted by atomic mass is 32.1. The molecule has 1 aromatic rings. The Morgan fingerprint density at radius 3 is 2.86 bits per heavy atom. The fourth-order valence-electron chi connectivity index (χ4n) is 3.24. The highest BCUT2D eigenvalue weighted by Crippen LogP contribution is 2.23. The van der Waals surface area contributed by atoms with Crippen molar-refractivity contribution in [2.24, 2.45) is 16.6 Å². The fraction of sp³-hybridized carbons (Fsp3) is 0.706. The maximum Gasteiger partial charge on any atom is 0.191 e. The molecule has 2 N–H and O–H groups in total. The lowest BCUT2D eigenvalue weighted by atomic mass is 10.0. The van der Waals surface area contributed by atoms with Crippen LogP contribution in [0.2, 0.25) is 0 Å². The number of piperidine rings is 1. The summed E-state index contributed by atoms with van der Waals surface area (Å²) in [6.45, 7) is 11.6. The van der Waals surface area contributed by atoms with Crippen LogP contribution in [0.15, 0.2) is 21.8 Å². The summed E-state index contributed by atoms with van der Waals surface area (Å²) in [5.41, 5.74) is 7.61. The summed E-state index contributed by atoms with van der Waals surface area (Å²) in [6, 6.07) is 2.55. The first kappa shape index (κ1) is 17.3. The second kappa shape index (κ2) is 8.53. The summed E-state index contributed by atoms with van der Waals surface area (Å²) in [5, 5.41) is 4.38. The molecule has 1 aromatic heterocycles. The van der Waals surface area contributed by atoms with E-state index < -0.39 is 0 Å². The van der Waals surface area contributed by atoms with Crippen LogP contribution in [0.1, 0.15) is 45.2 Å². The Morgan fingerprint density at radius 2 is 2.27 bits per heavy atom. The van der Waals surface area contributed by atoms with Crippen LogP contribution in [0.3, 0.4) is 0 Å². The third-order valence-electron chi connectivity index (χ3n) is 4.59. The van der Waals surface area contributed by atoms with E-state index >= 15 is 0 Å². The van der Waals surface area contributed by atoms with Crippen molar-refractivity contribution in [3.63, 3.8) is 0 Å². The Kier molecular flexibility index (Phi) is 6.70. The van der Waals surface area contributed by atoms with Gasteiger partial charge in [-0.3, -0.25) is 9.89 Å². The zero-order chi connectivity index (χ0) is 15.9. The first-order valence-electron chi connectivity index (χ1n) is 8.46. The maximum absolute atomic E-state index is 6.26. The van der Waals surface area contributed by atoms with Crippen molar-refractivity contribution in [1.82, 2.24) is 9.80 Å². The molecule has 0 bridgehead atoms. The smallest absolute Gasteiger partial charge is 0.191 e. The van der Waals surface area contributed by atoms with E-state index in [9.17, 15) is 0 Å². The van der Waals surface area contributed by atoms with E-state index in [1.807, 2.05) is 0 Å². The lowest BCUT2D eigenvalue weighted by Crippen LogP contribution is -2.44. The van der Waals surface area contributed by atoms with Crippen LogP contribution >= 0.6 is 11.3 Å². The van der Waals surface area contributed by atoms with Gasteiger partial charge in [-0.2, -0.15) is 11.3 Å². The van der Waals surface area contributed by atoms with E-state index in [0.717, 1.165) is 44.6 Å². The molecule has 2 heterocycles. The largest absolute Gasteiger partial charge is 0.370 e. The van der Waals surface area contributed by atoms with E-state index in [1.165, 1.54) is 18.4 Å². The van der Waals surface area contributed by atoms with Gasteiger partial charge in [-0.25, -0.2) is 0 Å². The molecule has 5 heteroatoms. The highest BCUT2D eigenvalue weighted by molar-refractivity contribution is 7.07. The minimum Gasteiger partial charge on any atom is -0.370 e.